The maximum Gasteiger partial charge on any atom is 0.211 e. The highest BCUT2D eigenvalue weighted by molar-refractivity contribution is 4.96. The van der Waals surface area contributed by atoms with Crippen LogP contribution in [0.25, 0.3) is 0 Å². The summed E-state index contributed by atoms with van der Waals surface area (Å²) in [5, 5.41) is 3.28. The smallest absolute Gasteiger partial charge is 0.211 e. The van der Waals surface area contributed by atoms with Gasteiger partial charge in [0.1, 0.15) is 5.76 Å². The molecule has 0 saturated carbocycles. The van der Waals surface area contributed by atoms with E-state index < -0.39 is 0 Å². The lowest BCUT2D eigenvalue weighted by molar-refractivity contribution is 0.393. The molecule has 0 radical (unpaired) electrons. The topological polar surface area (TPSA) is 38.1 Å². The van der Waals surface area contributed by atoms with E-state index in [-0.39, 0.29) is 12.1 Å². The third kappa shape index (κ3) is 2.70. The molecule has 0 aromatic carbocycles. The van der Waals surface area contributed by atoms with Crippen molar-refractivity contribution >= 4 is 0 Å². The average Bonchev–Trinajstić information content (AvgIpc) is 2.51. The first-order chi connectivity index (χ1) is 6.13. The molecule has 1 aromatic rings. The standard InChI is InChI=1S/C10H16N2O/c1-5-7(2)12-9(4)10-11-6-8(3)13-10/h5-7,9,12H,1H2,2-4H3. The summed E-state index contributed by atoms with van der Waals surface area (Å²) in [5.41, 5.74) is 0. The molecule has 1 N–H and O–H groups in total. The van der Waals surface area contributed by atoms with Gasteiger partial charge >= 0.3 is 0 Å². The van der Waals surface area contributed by atoms with Crippen LogP contribution in [0.15, 0.2) is 23.3 Å². The Morgan fingerprint density at radius 3 is 2.77 bits per heavy atom. The fraction of sp³-hybridized carbons (Fsp3) is 0.500. The van der Waals surface area contributed by atoms with Crippen molar-refractivity contribution < 1.29 is 4.42 Å². The number of rotatable bonds is 4. The van der Waals surface area contributed by atoms with Crippen molar-refractivity contribution in [3.8, 4) is 0 Å². The molecule has 0 amide bonds. The van der Waals surface area contributed by atoms with Gasteiger partial charge in [-0.2, -0.15) is 0 Å². The maximum atomic E-state index is 5.38. The van der Waals surface area contributed by atoms with Gasteiger partial charge < -0.3 is 9.73 Å². The van der Waals surface area contributed by atoms with Gasteiger partial charge in [0.15, 0.2) is 0 Å². The van der Waals surface area contributed by atoms with E-state index in [9.17, 15) is 0 Å². The first-order valence-electron chi connectivity index (χ1n) is 4.44. The van der Waals surface area contributed by atoms with Crippen molar-refractivity contribution in [2.45, 2.75) is 32.9 Å². The molecular weight excluding hydrogens is 164 g/mol. The molecule has 0 bridgehead atoms. The molecule has 0 aliphatic rings. The van der Waals surface area contributed by atoms with E-state index in [0.717, 1.165) is 11.7 Å². The molecule has 72 valence electrons. The van der Waals surface area contributed by atoms with Crippen molar-refractivity contribution in [3.63, 3.8) is 0 Å². The summed E-state index contributed by atoms with van der Waals surface area (Å²) < 4.78 is 5.38. The molecule has 0 aliphatic heterocycles. The zero-order valence-corrected chi connectivity index (χ0v) is 8.37. The van der Waals surface area contributed by atoms with E-state index in [1.54, 1.807) is 6.20 Å². The van der Waals surface area contributed by atoms with Gasteiger partial charge in [-0.15, -0.1) is 6.58 Å². The van der Waals surface area contributed by atoms with E-state index >= 15 is 0 Å². The van der Waals surface area contributed by atoms with Crippen LogP contribution in [0.4, 0.5) is 0 Å². The molecular formula is C10H16N2O. The van der Waals surface area contributed by atoms with E-state index in [2.05, 4.69) is 16.9 Å². The van der Waals surface area contributed by atoms with Crippen LogP contribution in [0, 0.1) is 6.92 Å². The molecule has 2 unspecified atom stereocenters. The number of aryl methyl sites for hydroxylation is 1. The van der Waals surface area contributed by atoms with Gasteiger partial charge in [0.2, 0.25) is 5.89 Å². The Bertz CT molecular complexity index is 280. The Labute approximate surface area is 78.9 Å². The third-order valence-corrected chi connectivity index (χ3v) is 1.88. The van der Waals surface area contributed by atoms with Crippen molar-refractivity contribution in [1.29, 1.82) is 0 Å². The molecule has 2 atom stereocenters. The van der Waals surface area contributed by atoms with Crippen LogP contribution < -0.4 is 5.32 Å². The number of hydrogen-bond donors (Lipinski definition) is 1. The second kappa shape index (κ2) is 4.23. The number of hydrogen-bond acceptors (Lipinski definition) is 3. The largest absolute Gasteiger partial charge is 0.444 e. The van der Waals surface area contributed by atoms with E-state index in [1.807, 2.05) is 26.8 Å². The summed E-state index contributed by atoms with van der Waals surface area (Å²) in [6, 6.07) is 0.393. The summed E-state index contributed by atoms with van der Waals surface area (Å²) in [7, 11) is 0. The lowest BCUT2D eigenvalue weighted by Gasteiger charge is -2.13. The van der Waals surface area contributed by atoms with Gasteiger partial charge in [0, 0.05) is 6.04 Å². The van der Waals surface area contributed by atoms with Gasteiger partial charge in [-0.25, -0.2) is 4.98 Å². The fourth-order valence-corrected chi connectivity index (χ4v) is 1.11. The highest BCUT2D eigenvalue weighted by Crippen LogP contribution is 2.12. The molecule has 13 heavy (non-hydrogen) atoms. The molecule has 0 spiro atoms. The molecule has 3 heteroatoms. The maximum absolute atomic E-state index is 5.38. The minimum absolute atomic E-state index is 0.127. The van der Waals surface area contributed by atoms with Gasteiger partial charge in [-0.05, 0) is 20.8 Å². The molecule has 0 fully saturated rings. The molecule has 1 rings (SSSR count). The van der Waals surface area contributed by atoms with E-state index in [1.165, 1.54) is 0 Å². The van der Waals surface area contributed by atoms with Crippen LogP contribution in [0.2, 0.25) is 0 Å². The summed E-state index contributed by atoms with van der Waals surface area (Å²) in [6.07, 6.45) is 3.58. The lowest BCUT2D eigenvalue weighted by Crippen LogP contribution is -2.27. The molecule has 1 aromatic heterocycles. The van der Waals surface area contributed by atoms with Crippen molar-refractivity contribution in [2.75, 3.05) is 0 Å². The predicted molar refractivity (Wildman–Crippen MR) is 52.4 cm³/mol. The Morgan fingerprint density at radius 1 is 1.62 bits per heavy atom. The molecule has 1 heterocycles. The normalized spacial score (nSPS) is 15.3. The first kappa shape index (κ1) is 9.99. The zero-order chi connectivity index (χ0) is 9.84. The number of oxazole rings is 1. The number of nitrogens with one attached hydrogen (secondary N) is 1. The van der Waals surface area contributed by atoms with Gasteiger partial charge in [-0.1, -0.05) is 6.08 Å². The van der Waals surface area contributed by atoms with Crippen LogP contribution in [-0.4, -0.2) is 11.0 Å². The minimum atomic E-state index is 0.127. The summed E-state index contributed by atoms with van der Waals surface area (Å²) in [6.45, 7) is 9.65. The van der Waals surface area contributed by atoms with Crippen LogP contribution in [0.1, 0.15) is 31.5 Å². The van der Waals surface area contributed by atoms with Gasteiger partial charge in [0.25, 0.3) is 0 Å². The first-order valence-corrected chi connectivity index (χ1v) is 4.44. The zero-order valence-electron chi connectivity index (χ0n) is 8.37. The van der Waals surface area contributed by atoms with Gasteiger partial charge in [-0.3, -0.25) is 0 Å². The van der Waals surface area contributed by atoms with Crippen LogP contribution in [0.3, 0.4) is 0 Å². The van der Waals surface area contributed by atoms with Crippen LogP contribution in [-0.2, 0) is 0 Å². The van der Waals surface area contributed by atoms with E-state index in [0.29, 0.717) is 0 Å². The molecule has 3 nitrogen and oxygen atoms in total. The van der Waals surface area contributed by atoms with Crippen LogP contribution >= 0.6 is 0 Å². The number of nitrogens with zero attached hydrogens (tertiary/aromatic N) is 1. The van der Waals surface area contributed by atoms with Crippen molar-refractivity contribution in [2.24, 2.45) is 0 Å². The molecule has 0 saturated heterocycles. The monoisotopic (exact) mass is 180 g/mol. The second-order valence-corrected chi connectivity index (χ2v) is 3.22. The Morgan fingerprint density at radius 2 is 2.31 bits per heavy atom. The Hall–Kier alpha value is -1.09. The number of aromatic nitrogens is 1. The van der Waals surface area contributed by atoms with Crippen molar-refractivity contribution in [1.82, 2.24) is 10.3 Å². The van der Waals surface area contributed by atoms with Gasteiger partial charge in [0.05, 0.1) is 12.2 Å². The second-order valence-electron chi connectivity index (χ2n) is 3.22. The highest BCUT2D eigenvalue weighted by Gasteiger charge is 2.11. The minimum Gasteiger partial charge on any atom is -0.444 e. The average molecular weight is 180 g/mol. The van der Waals surface area contributed by atoms with Crippen LogP contribution in [0.5, 0.6) is 0 Å². The predicted octanol–water partition coefficient (Wildman–Crippen LogP) is 2.21. The Kier molecular flexibility index (Phi) is 3.25. The fourth-order valence-electron chi connectivity index (χ4n) is 1.11. The Balaban J connectivity index is 2.57. The summed E-state index contributed by atoms with van der Waals surface area (Å²) in [4.78, 5) is 4.14. The molecule has 0 aliphatic carbocycles. The lowest BCUT2D eigenvalue weighted by atomic mass is 10.2. The summed E-state index contributed by atoms with van der Waals surface area (Å²) in [5.74, 6) is 1.57. The quantitative estimate of drug-likeness (QED) is 0.722. The SMILES string of the molecule is C=CC(C)NC(C)c1ncc(C)o1. The third-order valence-electron chi connectivity index (χ3n) is 1.88. The van der Waals surface area contributed by atoms with Crippen molar-refractivity contribution in [3.05, 3.63) is 30.5 Å². The highest BCUT2D eigenvalue weighted by atomic mass is 16.4. The van der Waals surface area contributed by atoms with E-state index in [4.69, 9.17) is 4.42 Å². The summed E-state index contributed by atoms with van der Waals surface area (Å²) >= 11 is 0.